The third kappa shape index (κ3) is 8.29. The first-order valence-corrected chi connectivity index (χ1v) is 18.4. The Hall–Kier alpha value is -7.06. The molecule has 0 aliphatic heterocycles. The lowest BCUT2D eigenvalue weighted by Crippen LogP contribution is -2.11. The first-order chi connectivity index (χ1) is 26.9. The molecule has 55 heavy (non-hydrogen) atoms. The van der Waals surface area contributed by atoms with Crippen molar-refractivity contribution in [1.82, 2.24) is 20.4 Å². The van der Waals surface area contributed by atoms with E-state index in [0.717, 1.165) is 79.4 Å². The number of anilines is 5. The van der Waals surface area contributed by atoms with E-state index in [1.165, 1.54) is 11.1 Å². The number of benzene rings is 6. The normalized spacial score (nSPS) is 11.0. The molecule has 2 aromatic heterocycles. The molecule has 0 amide bonds. The predicted octanol–water partition coefficient (Wildman–Crippen LogP) is 11.8. The van der Waals surface area contributed by atoms with E-state index in [9.17, 15) is 0 Å². The lowest BCUT2D eigenvalue weighted by Gasteiger charge is -2.24. The zero-order valence-corrected chi connectivity index (χ0v) is 31.1. The van der Waals surface area contributed by atoms with Crippen LogP contribution in [0.25, 0.3) is 22.5 Å². The summed E-state index contributed by atoms with van der Waals surface area (Å²) in [6.45, 7) is 7.39. The second-order valence-corrected chi connectivity index (χ2v) is 13.7. The smallest absolute Gasteiger partial charge is 0.160 e. The Morgan fingerprint density at radius 2 is 1.07 bits per heavy atom. The Bertz CT molecular complexity index is 2490. The average molecular weight is 723 g/mol. The van der Waals surface area contributed by atoms with Crippen molar-refractivity contribution < 1.29 is 9.47 Å². The zero-order chi connectivity index (χ0) is 37.6. The highest BCUT2D eigenvalue weighted by atomic mass is 16.5. The Labute approximate surface area is 321 Å². The van der Waals surface area contributed by atoms with Gasteiger partial charge < -0.3 is 14.8 Å². The van der Waals surface area contributed by atoms with Crippen LogP contribution in [0, 0.1) is 20.8 Å². The molecule has 0 unspecified atom stereocenters. The van der Waals surface area contributed by atoms with Crippen LogP contribution in [-0.4, -0.2) is 20.4 Å². The van der Waals surface area contributed by atoms with E-state index in [2.05, 4.69) is 125 Å². The minimum atomic E-state index is 0.504. The van der Waals surface area contributed by atoms with Gasteiger partial charge in [0.25, 0.3) is 0 Å². The molecule has 0 bridgehead atoms. The van der Waals surface area contributed by atoms with Gasteiger partial charge in [-0.05, 0) is 104 Å². The van der Waals surface area contributed by atoms with Gasteiger partial charge in [-0.3, -0.25) is 15.1 Å². The maximum Gasteiger partial charge on any atom is 0.160 e. The standard InChI is InChI=1S/C47H42N6O2/c1-32-14-24-42(33(2)26-32)45-29-47(52-50-45)53(38-17-22-41(23-18-38)55-31-36-12-8-5-9-13-36)39-19-25-43(34(3)27-39)44-28-46(51-49-44)48-37-15-20-40(21-16-37)54-30-35-10-6-4-7-11-35/h4-29H,30-31H2,1-3H3,(H,50,52)(H2,48,49,51). The summed E-state index contributed by atoms with van der Waals surface area (Å²) in [7, 11) is 0. The minimum Gasteiger partial charge on any atom is -0.489 e. The molecule has 6 aromatic carbocycles. The summed E-state index contributed by atoms with van der Waals surface area (Å²) in [6, 6.07) is 53.4. The van der Waals surface area contributed by atoms with Crippen LogP contribution in [0.5, 0.6) is 11.5 Å². The third-order valence-corrected chi connectivity index (χ3v) is 9.52. The van der Waals surface area contributed by atoms with Crippen LogP contribution in [0.2, 0.25) is 0 Å². The summed E-state index contributed by atoms with van der Waals surface area (Å²) in [5, 5.41) is 19.3. The Kier molecular flexibility index (Phi) is 10.1. The molecule has 0 spiro atoms. The molecule has 0 atom stereocenters. The molecule has 0 saturated heterocycles. The molecule has 272 valence electrons. The number of rotatable bonds is 13. The van der Waals surface area contributed by atoms with Gasteiger partial charge in [-0.1, -0.05) is 90.5 Å². The summed E-state index contributed by atoms with van der Waals surface area (Å²) in [5.74, 6) is 3.12. The fourth-order valence-corrected chi connectivity index (χ4v) is 6.66. The van der Waals surface area contributed by atoms with Crippen molar-refractivity contribution in [3.8, 4) is 34.0 Å². The maximum absolute atomic E-state index is 6.12. The molecule has 8 nitrogen and oxygen atoms in total. The van der Waals surface area contributed by atoms with Crippen molar-refractivity contribution in [2.45, 2.75) is 34.0 Å². The quantitative estimate of drug-likeness (QED) is 0.110. The molecule has 0 aliphatic carbocycles. The number of aromatic nitrogens is 4. The van der Waals surface area contributed by atoms with E-state index in [1.807, 2.05) is 78.9 Å². The highest BCUT2D eigenvalue weighted by molar-refractivity contribution is 5.80. The fourth-order valence-electron chi connectivity index (χ4n) is 6.66. The third-order valence-electron chi connectivity index (χ3n) is 9.52. The van der Waals surface area contributed by atoms with Gasteiger partial charge in [0.15, 0.2) is 11.6 Å². The Morgan fingerprint density at radius 3 is 1.69 bits per heavy atom. The van der Waals surface area contributed by atoms with Gasteiger partial charge in [-0.25, -0.2) is 0 Å². The molecule has 2 heterocycles. The molecule has 0 fully saturated rings. The lowest BCUT2D eigenvalue weighted by atomic mass is 10.0. The van der Waals surface area contributed by atoms with Crippen LogP contribution >= 0.6 is 0 Å². The number of ether oxygens (including phenoxy) is 2. The van der Waals surface area contributed by atoms with Crippen LogP contribution < -0.4 is 19.7 Å². The summed E-state index contributed by atoms with van der Waals surface area (Å²) in [4.78, 5) is 2.16. The number of aromatic amines is 2. The molecule has 0 aliphatic rings. The van der Waals surface area contributed by atoms with Gasteiger partial charge >= 0.3 is 0 Å². The van der Waals surface area contributed by atoms with E-state index in [1.54, 1.807) is 0 Å². The van der Waals surface area contributed by atoms with Gasteiger partial charge in [0, 0.05) is 40.3 Å². The van der Waals surface area contributed by atoms with Gasteiger partial charge in [-0.2, -0.15) is 10.2 Å². The van der Waals surface area contributed by atoms with Crippen LogP contribution in [0.4, 0.5) is 28.7 Å². The maximum atomic E-state index is 6.12. The minimum absolute atomic E-state index is 0.504. The highest BCUT2D eigenvalue weighted by Gasteiger charge is 2.19. The number of hydrogen-bond acceptors (Lipinski definition) is 6. The Morgan fingerprint density at radius 1 is 0.527 bits per heavy atom. The second kappa shape index (κ2) is 15.9. The van der Waals surface area contributed by atoms with Crippen molar-refractivity contribution in [3.63, 3.8) is 0 Å². The number of nitrogens with zero attached hydrogens (tertiary/aromatic N) is 3. The summed E-state index contributed by atoms with van der Waals surface area (Å²) in [5.41, 5.74) is 12.7. The molecular weight excluding hydrogens is 681 g/mol. The number of aryl methyl sites for hydroxylation is 3. The summed E-state index contributed by atoms with van der Waals surface area (Å²) >= 11 is 0. The first kappa shape index (κ1) is 35.0. The highest BCUT2D eigenvalue weighted by Crippen LogP contribution is 2.38. The topological polar surface area (TPSA) is 91.1 Å². The fraction of sp³-hybridized carbons (Fsp3) is 0.106. The molecule has 0 radical (unpaired) electrons. The molecule has 3 N–H and O–H groups in total. The first-order valence-electron chi connectivity index (χ1n) is 18.4. The van der Waals surface area contributed by atoms with E-state index < -0.39 is 0 Å². The number of hydrogen-bond donors (Lipinski definition) is 3. The van der Waals surface area contributed by atoms with Crippen LogP contribution in [0.15, 0.2) is 158 Å². The van der Waals surface area contributed by atoms with Crippen LogP contribution in [-0.2, 0) is 13.2 Å². The van der Waals surface area contributed by atoms with Crippen molar-refractivity contribution >= 4 is 28.7 Å². The Balaban J connectivity index is 1.02. The second-order valence-electron chi connectivity index (χ2n) is 13.7. The monoisotopic (exact) mass is 722 g/mol. The van der Waals surface area contributed by atoms with E-state index in [4.69, 9.17) is 14.6 Å². The largest absolute Gasteiger partial charge is 0.489 e. The predicted molar refractivity (Wildman–Crippen MR) is 222 cm³/mol. The molecule has 0 saturated carbocycles. The summed E-state index contributed by atoms with van der Waals surface area (Å²) < 4.78 is 12.1. The SMILES string of the molecule is Cc1ccc(-c2cc(N(c3ccc(OCc4ccccc4)cc3)c3ccc(-c4cc(Nc5ccc(OCc6ccccc6)cc5)n[nH]4)c(C)c3)n[nH]2)c(C)c1. The van der Waals surface area contributed by atoms with Gasteiger partial charge in [0.2, 0.25) is 0 Å². The van der Waals surface area contributed by atoms with E-state index in [0.29, 0.717) is 13.2 Å². The van der Waals surface area contributed by atoms with Crippen molar-refractivity contribution in [2.75, 3.05) is 10.2 Å². The van der Waals surface area contributed by atoms with Crippen molar-refractivity contribution in [2.24, 2.45) is 0 Å². The molecule has 8 rings (SSSR count). The van der Waals surface area contributed by atoms with E-state index in [-0.39, 0.29) is 0 Å². The zero-order valence-electron chi connectivity index (χ0n) is 31.1. The number of nitrogens with one attached hydrogen (secondary N) is 3. The summed E-state index contributed by atoms with van der Waals surface area (Å²) in [6.07, 6.45) is 0. The number of H-pyrrole nitrogens is 2. The van der Waals surface area contributed by atoms with Crippen molar-refractivity contribution in [3.05, 3.63) is 186 Å². The van der Waals surface area contributed by atoms with Gasteiger partial charge in [0.05, 0.1) is 11.4 Å². The van der Waals surface area contributed by atoms with Crippen molar-refractivity contribution in [1.29, 1.82) is 0 Å². The molecule has 8 heteroatoms. The molecular formula is C47H42N6O2. The van der Waals surface area contributed by atoms with Gasteiger partial charge in [-0.15, -0.1) is 0 Å². The van der Waals surface area contributed by atoms with Gasteiger partial charge in [0.1, 0.15) is 24.7 Å². The average Bonchev–Trinajstić information content (AvgIpc) is 3.89. The van der Waals surface area contributed by atoms with Crippen LogP contribution in [0.3, 0.4) is 0 Å². The lowest BCUT2D eigenvalue weighted by molar-refractivity contribution is 0.306. The molecule has 8 aromatic rings. The van der Waals surface area contributed by atoms with Crippen LogP contribution in [0.1, 0.15) is 27.8 Å². The van der Waals surface area contributed by atoms with E-state index >= 15 is 0 Å².